The number of methoxy groups -OCH3 is 1. The molecule has 0 aliphatic heterocycles. The average molecular weight is 497 g/mol. The molecule has 35 heavy (non-hydrogen) atoms. The Morgan fingerprint density at radius 2 is 1.89 bits per heavy atom. The number of nitro benzene ring substituents is 1. The van der Waals surface area contributed by atoms with Gasteiger partial charge in [0.1, 0.15) is 16.3 Å². The van der Waals surface area contributed by atoms with Crippen molar-refractivity contribution >= 4 is 39.7 Å². The molecule has 1 N–H and O–H groups in total. The second-order valence-electron chi connectivity index (χ2n) is 7.56. The molecule has 0 unspecified atom stereocenters. The van der Waals surface area contributed by atoms with Crippen molar-refractivity contribution in [2.24, 2.45) is 0 Å². The third-order valence-electron chi connectivity index (χ3n) is 5.13. The zero-order valence-electron chi connectivity index (χ0n) is 19.5. The van der Waals surface area contributed by atoms with Gasteiger partial charge in [0.25, 0.3) is 5.69 Å². The highest BCUT2D eigenvalue weighted by Crippen LogP contribution is 2.37. The van der Waals surface area contributed by atoms with Crippen molar-refractivity contribution in [3.63, 3.8) is 0 Å². The maximum absolute atomic E-state index is 12.7. The molecule has 182 valence electrons. The van der Waals surface area contributed by atoms with Crippen LogP contribution >= 0.6 is 11.3 Å². The van der Waals surface area contributed by atoms with E-state index in [0.29, 0.717) is 22.4 Å². The number of hydrogen-bond donors (Lipinski definition) is 1. The number of carbonyl (C=O) groups is 3. The molecule has 0 bridgehead atoms. The molecule has 0 fully saturated rings. The number of nitrogens with zero attached hydrogens (tertiary/aromatic N) is 1. The number of Topliss-reactive ketones (excluding diaryl/α,β-unsaturated/α-hetero) is 1. The van der Waals surface area contributed by atoms with E-state index in [0.717, 1.165) is 16.9 Å². The van der Waals surface area contributed by atoms with E-state index in [1.165, 1.54) is 25.3 Å². The van der Waals surface area contributed by atoms with E-state index < -0.39 is 16.8 Å². The van der Waals surface area contributed by atoms with E-state index in [1.54, 1.807) is 30.5 Å². The molecule has 9 nitrogen and oxygen atoms in total. The summed E-state index contributed by atoms with van der Waals surface area (Å²) in [5, 5.41) is 15.7. The molecule has 0 saturated carbocycles. The summed E-state index contributed by atoms with van der Waals surface area (Å²) in [5.74, 6) is -0.922. The Hall–Kier alpha value is -4.05. The zero-order chi connectivity index (χ0) is 25.5. The molecule has 0 aliphatic carbocycles. The number of thiophene rings is 1. The minimum atomic E-state index is -0.661. The van der Waals surface area contributed by atoms with Crippen LogP contribution in [0.15, 0.2) is 47.8 Å². The van der Waals surface area contributed by atoms with Gasteiger partial charge in [-0.15, -0.1) is 11.3 Å². The van der Waals surface area contributed by atoms with Gasteiger partial charge in [-0.25, -0.2) is 4.79 Å². The van der Waals surface area contributed by atoms with Crippen LogP contribution in [0.3, 0.4) is 0 Å². The van der Waals surface area contributed by atoms with E-state index in [-0.39, 0.29) is 41.5 Å². The molecule has 1 heterocycles. The number of ether oxygens (including phenoxy) is 2. The van der Waals surface area contributed by atoms with Gasteiger partial charge in [-0.3, -0.25) is 19.7 Å². The first-order valence-corrected chi connectivity index (χ1v) is 11.6. The monoisotopic (exact) mass is 496 g/mol. The SMILES string of the molecule is CCOC(=O)c1c(-c2cccc([N+](=O)[O-])c2)csc1NC(=O)CCC(=O)c1cc(C)ccc1OC. The third-order valence-corrected chi connectivity index (χ3v) is 6.02. The number of non-ortho nitro benzene ring substituents is 1. The third kappa shape index (κ3) is 6.10. The van der Waals surface area contributed by atoms with Crippen molar-refractivity contribution in [1.29, 1.82) is 0 Å². The fraction of sp³-hybridized carbons (Fsp3) is 0.240. The summed E-state index contributed by atoms with van der Waals surface area (Å²) in [4.78, 5) is 48.7. The van der Waals surface area contributed by atoms with E-state index in [1.807, 2.05) is 13.0 Å². The van der Waals surface area contributed by atoms with Crippen molar-refractivity contribution in [3.8, 4) is 16.9 Å². The second kappa shape index (κ2) is 11.4. The number of esters is 1. The van der Waals surface area contributed by atoms with Crippen LogP contribution in [0, 0.1) is 17.0 Å². The average Bonchev–Trinajstić information content (AvgIpc) is 3.26. The number of nitro groups is 1. The molecule has 1 aromatic heterocycles. The Bertz CT molecular complexity index is 1280. The molecule has 1 amide bonds. The highest BCUT2D eigenvalue weighted by atomic mass is 32.1. The summed E-state index contributed by atoms with van der Waals surface area (Å²) in [6.07, 6.45) is -0.161. The minimum absolute atomic E-state index is 0.0521. The van der Waals surface area contributed by atoms with Gasteiger partial charge in [0.15, 0.2) is 5.78 Å². The largest absolute Gasteiger partial charge is 0.496 e. The normalized spacial score (nSPS) is 10.5. The van der Waals surface area contributed by atoms with Gasteiger partial charge in [-0.05, 0) is 31.5 Å². The molecule has 10 heteroatoms. The van der Waals surface area contributed by atoms with Crippen LogP contribution in [0.1, 0.15) is 46.0 Å². The Labute approximate surface area is 205 Å². The van der Waals surface area contributed by atoms with Crippen LogP contribution in [-0.4, -0.2) is 36.3 Å². The molecule has 0 spiro atoms. The molecule has 3 rings (SSSR count). The molecular formula is C25H24N2O7S. The number of carbonyl (C=O) groups excluding carboxylic acids is 3. The van der Waals surface area contributed by atoms with Gasteiger partial charge in [0.2, 0.25) is 5.91 Å². The molecule has 0 atom stereocenters. The summed E-state index contributed by atoms with van der Waals surface area (Å²) >= 11 is 1.10. The Morgan fingerprint density at radius 1 is 1.11 bits per heavy atom. The molecular weight excluding hydrogens is 472 g/mol. The Morgan fingerprint density at radius 3 is 2.57 bits per heavy atom. The first-order valence-electron chi connectivity index (χ1n) is 10.8. The van der Waals surface area contributed by atoms with Gasteiger partial charge in [-0.1, -0.05) is 23.8 Å². The number of amides is 1. The van der Waals surface area contributed by atoms with Crippen molar-refractivity contribution in [1.82, 2.24) is 0 Å². The minimum Gasteiger partial charge on any atom is -0.496 e. The summed E-state index contributed by atoms with van der Waals surface area (Å²) in [6, 6.07) is 11.1. The fourth-order valence-corrected chi connectivity index (χ4v) is 4.42. The number of rotatable bonds is 10. The van der Waals surface area contributed by atoms with Gasteiger partial charge >= 0.3 is 5.97 Å². The summed E-state index contributed by atoms with van der Waals surface area (Å²) in [6.45, 7) is 3.62. The lowest BCUT2D eigenvalue weighted by molar-refractivity contribution is -0.384. The quantitative estimate of drug-likeness (QED) is 0.172. The van der Waals surface area contributed by atoms with Crippen molar-refractivity contribution in [2.75, 3.05) is 19.0 Å². The highest BCUT2D eigenvalue weighted by molar-refractivity contribution is 7.15. The first-order chi connectivity index (χ1) is 16.7. The van der Waals surface area contributed by atoms with E-state index in [2.05, 4.69) is 5.32 Å². The summed E-state index contributed by atoms with van der Waals surface area (Å²) in [7, 11) is 1.47. The van der Waals surface area contributed by atoms with Crippen molar-refractivity contribution in [2.45, 2.75) is 26.7 Å². The predicted molar refractivity (Wildman–Crippen MR) is 132 cm³/mol. The van der Waals surface area contributed by atoms with E-state index >= 15 is 0 Å². The number of anilines is 1. The predicted octanol–water partition coefficient (Wildman–Crippen LogP) is 5.42. The molecule has 0 saturated heterocycles. The van der Waals surface area contributed by atoms with Crippen LogP contribution in [-0.2, 0) is 9.53 Å². The Kier molecular flexibility index (Phi) is 8.32. The lowest BCUT2D eigenvalue weighted by atomic mass is 10.0. The Balaban J connectivity index is 1.81. The molecule has 0 radical (unpaired) electrons. The van der Waals surface area contributed by atoms with Gasteiger partial charge < -0.3 is 14.8 Å². The number of nitrogens with one attached hydrogen (secondary N) is 1. The van der Waals surface area contributed by atoms with Gasteiger partial charge in [0.05, 0.1) is 24.2 Å². The summed E-state index contributed by atoms with van der Waals surface area (Å²) in [5.41, 5.74) is 2.13. The molecule has 3 aromatic rings. The summed E-state index contributed by atoms with van der Waals surface area (Å²) < 4.78 is 10.4. The maximum atomic E-state index is 12.7. The molecule has 2 aromatic carbocycles. The molecule has 0 aliphatic rings. The maximum Gasteiger partial charge on any atom is 0.341 e. The van der Waals surface area contributed by atoms with Gasteiger partial charge in [0, 0.05) is 35.9 Å². The fourth-order valence-electron chi connectivity index (χ4n) is 3.45. The zero-order valence-corrected chi connectivity index (χ0v) is 20.3. The second-order valence-corrected chi connectivity index (χ2v) is 8.44. The lowest BCUT2D eigenvalue weighted by Gasteiger charge is -2.10. The smallest absolute Gasteiger partial charge is 0.341 e. The number of hydrogen-bond acceptors (Lipinski definition) is 8. The topological polar surface area (TPSA) is 125 Å². The van der Waals surface area contributed by atoms with Crippen LogP contribution in [0.2, 0.25) is 0 Å². The van der Waals surface area contributed by atoms with Crippen molar-refractivity contribution < 1.29 is 28.8 Å². The van der Waals surface area contributed by atoms with Crippen LogP contribution in [0.4, 0.5) is 10.7 Å². The van der Waals surface area contributed by atoms with Crippen LogP contribution < -0.4 is 10.1 Å². The van der Waals surface area contributed by atoms with Gasteiger partial charge in [-0.2, -0.15) is 0 Å². The van der Waals surface area contributed by atoms with E-state index in [9.17, 15) is 24.5 Å². The first kappa shape index (κ1) is 25.6. The number of benzene rings is 2. The van der Waals surface area contributed by atoms with E-state index in [4.69, 9.17) is 9.47 Å². The highest BCUT2D eigenvalue weighted by Gasteiger charge is 2.24. The lowest BCUT2D eigenvalue weighted by Crippen LogP contribution is -2.16. The van der Waals surface area contributed by atoms with Crippen LogP contribution in [0.5, 0.6) is 5.75 Å². The standard InChI is InChI=1S/C25H24N2O7S/c1-4-34-25(30)23-19(16-6-5-7-17(13-16)27(31)32)14-35-24(23)26-22(29)11-9-20(28)18-12-15(2)8-10-21(18)33-3/h5-8,10,12-14H,4,9,11H2,1-3H3,(H,26,29). The number of aryl methyl sites for hydroxylation is 1. The van der Waals surface area contributed by atoms with Crippen molar-refractivity contribution in [3.05, 3.63) is 74.6 Å². The van der Waals surface area contributed by atoms with Crippen LogP contribution in [0.25, 0.3) is 11.1 Å². The number of ketones is 1.